The fourth-order valence-electron chi connectivity index (χ4n) is 7.93. The van der Waals surface area contributed by atoms with Crippen molar-refractivity contribution in [1.29, 1.82) is 0 Å². The molecule has 0 saturated heterocycles. The van der Waals surface area contributed by atoms with Gasteiger partial charge in [-0.25, -0.2) is 8.78 Å². The Morgan fingerprint density at radius 2 is 1.38 bits per heavy atom. The van der Waals surface area contributed by atoms with Crippen LogP contribution in [-0.4, -0.2) is 141 Å². The van der Waals surface area contributed by atoms with Gasteiger partial charge in [-0.3, -0.25) is 52.9 Å². The second kappa shape index (κ2) is 28.9. The maximum absolute atomic E-state index is 15.4. The second-order valence-corrected chi connectivity index (χ2v) is 19.0. The van der Waals surface area contributed by atoms with Crippen molar-refractivity contribution in [2.75, 3.05) is 32.8 Å². The minimum Gasteiger partial charge on any atom is -0.481 e. The smallest absolute Gasteiger partial charge is 0.303 e. The van der Waals surface area contributed by atoms with Crippen LogP contribution < -0.4 is 43.0 Å². The van der Waals surface area contributed by atoms with Crippen LogP contribution in [0.25, 0.3) is 11.1 Å². The first-order chi connectivity index (χ1) is 36.4. The standard InChI is InChI=1S/C52H65F2N11O12/c1-30(61-49(75)33-15-18-56-19-16-33)47(73)60-31(2)48(74)63-39(25-41(55)67)51(77)62-38(50(76)58-21-20-57-43(69)26-59-42(68)13-14-45(71)72)17-22-65(44(70)29-66)46(52(3,4)5)40-23-34(36-24-35(53)11-12-37(36)54)28-64(40)27-32-9-7-6-8-10-32/h6-12,15-16,18-19,23-24,28,30-31,38-39,46,66H,13-14,17,20-22,25-27,29H2,1-5H3,(H2,55,67)(H,57,69)(H,58,76)(H,59,68)(H,60,73)(H,61,75)(H,62,77)(H,63,74)(H,71,72)/t30-,31+,38-,39-,46-/m0/s1. The summed E-state index contributed by atoms with van der Waals surface area (Å²) in [5, 5.41) is 36.3. The fourth-order valence-corrected chi connectivity index (χ4v) is 7.93. The molecular formula is C52H65F2N11O12. The van der Waals surface area contributed by atoms with Crippen molar-refractivity contribution in [1.82, 2.24) is 51.7 Å². The van der Waals surface area contributed by atoms with E-state index in [0.717, 1.165) is 23.8 Å². The van der Waals surface area contributed by atoms with Gasteiger partial charge in [-0.05, 0) is 67.6 Å². The van der Waals surface area contributed by atoms with Gasteiger partial charge in [0, 0.05) is 73.6 Å². The van der Waals surface area contributed by atoms with Gasteiger partial charge in [0.1, 0.15) is 42.4 Å². The van der Waals surface area contributed by atoms with Gasteiger partial charge in [-0.15, -0.1) is 0 Å². The molecule has 2 aromatic heterocycles. The minimum atomic E-state index is -1.76. The molecule has 0 fully saturated rings. The number of carbonyl (C=O) groups is 10. The predicted molar refractivity (Wildman–Crippen MR) is 273 cm³/mol. The van der Waals surface area contributed by atoms with Crippen LogP contribution in [0, 0.1) is 17.0 Å². The number of rotatable bonds is 28. The molecule has 2 heterocycles. The molecule has 0 radical (unpaired) electrons. The molecule has 2 aromatic carbocycles. The third kappa shape index (κ3) is 19.2. The number of nitrogens with one attached hydrogen (secondary N) is 7. The lowest BCUT2D eigenvalue weighted by molar-refractivity contribution is -0.140. The van der Waals surface area contributed by atoms with Crippen molar-refractivity contribution in [3.63, 3.8) is 0 Å². The van der Waals surface area contributed by atoms with Crippen molar-refractivity contribution in [3.8, 4) is 11.1 Å². The van der Waals surface area contributed by atoms with Crippen molar-refractivity contribution in [2.24, 2.45) is 11.1 Å². The van der Waals surface area contributed by atoms with Crippen LogP contribution in [0.4, 0.5) is 8.78 Å². The normalized spacial score (nSPS) is 13.0. The van der Waals surface area contributed by atoms with E-state index in [2.05, 4.69) is 42.2 Å². The van der Waals surface area contributed by atoms with Gasteiger partial charge < -0.3 is 62.6 Å². The number of aliphatic carboxylic acids is 1. The summed E-state index contributed by atoms with van der Waals surface area (Å²) in [4.78, 5) is 134. The van der Waals surface area contributed by atoms with Gasteiger partial charge in [-0.1, -0.05) is 51.1 Å². The van der Waals surface area contributed by atoms with Crippen LogP contribution in [0.5, 0.6) is 0 Å². The van der Waals surface area contributed by atoms with Crippen molar-refractivity contribution >= 4 is 59.1 Å². The third-order valence-electron chi connectivity index (χ3n) is 11.8. The lowest BCUT2D eigenvalue weighted by Crippen LogP contribution is -2.58. The Hall–Kier alpha value is -8.61. The Labute approximate surface area is 442 Å². The maximum atomic E-state index is 15.4. The van der Waals surface area contributed by atoms with Crippen LogP contribution in [-0.2, 0) is 49.7 Å². The monoisotopic (exact) mass is 1070 g/mol. The van der Waals surface area contributed by atoms with E-state index in [-0.39, 0.29) is 49.3 Å². The van der Waals surface area contributed by atoms with E-state index in [1.165, 1.54) is 43.3 Å². The van der Waals surface area contributed by atoms with E-state index in [1.807, 2.05) is 30.3 Å². The Balaban J connectivity index is 1.64. The molecule has 5 atom stereocenters. The number of halogens is 2. The van der Waals surface area contributed by atoms with E-state index in [0.29, 0.717) is 5.69 Å². The topological polar surface area (TPSA) is 342 Å². The third-order valence-corrected chi connectivity index (χ3v) is 11.8. The van der Waals surface area contributed by atoms with Gasteiger partial charge in [0.15, 0.2) is 0 Å². The first kappa shape index (κ1) is 60.9. The number of aliphatic hydroxyl groups excluding tert-OH is 1. The zero-order valence-corrected chi connectivity index (χ0v) is 43.2. The molecule has 23 nitrogen and oxygen atoms in total. The molecule has 11 N–H and O–H groups in total. The molecule has 0 aliphatic carbocycles. The molecule has 0 saturated carbocycles. The summed E-state index contributed by atoms with van der Waals surface area (Å²) in [7, 11) is 0. The maximum Gasteiger partial charge on any atom is 0.303 e. The first-order valence-corrected chi connectivity index (χ1v) is 24.4. The minimum absolute atomic E-state index is 0.0729. The fraction of sp³-hybridized carbons (Fsp3) is 0.404. The molecule has 77 heavy (non-hydrogen) atoms. The number of pyridine rings is 1. The van der Waals surface area contributed by atoms with E-state index >= 15 is 4.39 Å². The second-order valence-electron chi connectivity index (χ2n) is 19.0. The highest BCUT2D eigenvalue weighted by molar-refractivity contribution is 5.99. The average molecular weight is 1070 g/mol. The van der Waals surface area contributed by atoms with Gasteiger partial charge in [0.25, 0.3) is 5.91 Å². The molecule has 0 aliphatic rings. The van der Waals surface area contributed by atoms with Crippen LogP contribution in [0.3, 0.4) is 0 Å². The Bertz CT molecular complexity index is 2760. The van der Waals surface area contributed by atoms with Crippen molar-refractivity contribution < 1.29 is 66.9 Å². The molecule has 9 amide bonds. The number of nitrogens with zero attached hydrogens (tertiary/aromatic N) is 3. The van der Waals surface area contributed by atoms with Crippen molar-refractivity contribution in [3.05, 3.63) is 114 Å². The van der Waals surface area contributed by atoms with Crippen LogP contribution >= 0.6 is 0 Å². The van der Waals surface area contributed by atoms with Crippen LogP contribution in [0.2, 0.25) is 0 Å². The first-order valence-electron chi connectivity index (χ1n) is 24.4. The lowest BCUT2D eigenvalue weighted by Gasteiger charge is -2.41. The van der Waals surface area contributed by atoms with Crippen LogP contribution in [0.1, 0.15) is 88.0 Å². The van der Waals surface area contributed by atoms with Gasteiger partial charge in [0.05, 0.1) is 25.4 Å². The molecule has 4 rings (SSSR count). The number of carboxylic acid groups (broad SMARTS) is 1. The number of carboxylic acids is 1. The number of nitrogens with two attached hydrogens (primary N) is 1. The number of benzene rings is 2. The SMILES string of the molecule is C[C@H](NC(=O)c1ccncc1)C(=O)N[C@H](C)C(=O)N[C@@H](CC(N)=O)C(=O)N[C@@H](CCN(C(=O)CO)[C@@H](c1cc(-c2cc(F)ccc2F)cn1Cc1ccccc1)C(C)(C)C)C(=O)NCCNC(=O)CNC(=O)CCC(=O)O. The number of carbonyl (C=O) groups excluding carboxylic acids is 9. The number of primary amides is 1. The zero-order chi connectivity index (χ0) is 57.0. The lowest BCUT2D eigenvalue weighted by atomic mass is 9.82. The summed E-state index contributed by atoms with van der Waals surface area (Å²) < 4.78 is 31.7. The summed E-state index contributed by atoms with van der Waals surface area (Å²) in [5.41, 5.74) is 6.20. The van der Waals surface area contributed by atoms with Gasteiger partial charge in [-0.2, -0.15) is 0 Å². The zero-order valence-electron chi connectivity index (χ0n) is 43.2. The molecular weight excluding hydrogens is 1010 g/mol. The van der Waals surface area contributed by atoms with E-state index < -0.39 is 139 Å². The Kier molecular flexibility index (Phi) is 22.9. The number of hydrogen-bond donors (Lipinski definition) is 10. The number of aliphatic hydroxyl groups is 1. The molecule has 0 bridgehead atoms. The summed E-state index contributed by atoms with van der Waals surface area (Å²) in [5.74, 6) is -10.3. The number of amides is 9. The Morgan fingerprint density at radius 3 is 2.01 bits per heavy atom. The summed E-state index contributed by atoms with van der Waals surface area (Å²) in [6.07, 6.45) is 2.32. The van der Waals surface area contributed by atoms with E-state index in [9.17, 15) is 57.4 Å². The van der Waals surface area contributed by atoms with Gasteiger partial charge in [0.2, 0.25) is 47.3 Å². The average Bonchev–Trinajstić information content (AvgIpc) is 3.79. The van der Waals surface area contributed by atoms with E-state index in [4.69, 9.17) is 10.8 Å². The van der Waals surface area contributed by atoms with E-state index in [1.54, 1.807) is 37.6 Å². The molecule has 25 heteroatoms. The molecule has 414 valence electrons. The summed E-state index contributed by atoms with van der Waals surface area (Å²) in [6, 6.07) is 9.66. The quantitative estimate of drug-likeness (QED) is 0.0348. The number of aromatic nitrogens is 2. The molecule has 0 spiro atoms. The highest BCUT2D eigenvalue weighted by Crippen LogP contribution is 2.41. The van der Waals surface area contributed by atoms with Gasteiger partial charge >= 0.3 is 5.97 Å². The predicted octanol–water partition coefficient (Wildman–Crippen LogP) is 0.556. The highest BCUT2D eigenvalue weighted by Gasteiger charge is 2.39. The largest absolute Gasteiger partial charge is 0.481 e. The summed E-state index contributed by atoms with van der Waals surface area (Å²) in [6.45, 7) is 5.76. The van der Waals surface area contributed by atoms with Crippen molar-refractivity contribution in [2.45, 2.75) is 97.1 Å². The highest BCUT2D eigenvalue weighted by atomic mass is 19.1. The Morgan fingerprint density at radius 1 is 0.740 bits per heavy atom. The number of hydrogen-bond acceptors (Lipinski definition) is 12. The molecule has 0 unspecified atom stereocenters. The molecule has 4 aromatic rings. The van der Waals surface area contributed by atoms with Crippen LogP contribution in [0.15, 0.2) is 85.3 Å². The summed E-state index contributed by atoms with van der Waals surface area (Å²) >= 11 is 0. The molecule has 0 aliphatic heterocycles.